The summed E-state index contributed by atoms with van der Waals surface area (Å²) in [6, 6.07) is 2.44. The molecule has 2 unspecified atom stereocenters. The number of piperidine rings is 1. The van der Waals surface area contributed by atoms with Crippen molar-refractivity contribution in [2.45, 2.75) is 25.9 Å². The Morgan fingerprint density at radius 1 is 1.71 bits per heavy atom. The van der Waals surface area contributed by atoms with E-state index in [0.29, 0.717) is 12.0 Å². The molecule has 0 amide bonds. The summed E-state index contributed by atoms with van der Waals surface area (Å²) in [6.07, 6.45) is 3.09. The lowest BCUT2D eigenvalue weighted by Crippen LogP contribution is -2.46. The van der Waals surface area contributed by atoms with E-state index in [2.05, 4.69) is 22.3 Å². The maximum absolute atomic E-state index is 6.04. The number of rotatable bonds is 2. The number of hydrogen-bond acceptors (Lipinski definition) is 4. The van der Waals surface area contributed by atoms with Crippen LogP contribution in [0.4, 0.5) is 0 Å². The zero-order valence-corrected chi connectivity index (χ0v) is 9.33. The zero-order valence-electron chi connectivity index (χ0n) is 8.52. The summed E-state index contributed by atoms with van der Waals surface area (Å²) in [6.45, 7) is 5.46. The van der Waals surface area contributed by atoms with Crippen LogP contribution >= 0.6 is 11.5 Å². The molecule has 3 nitrogen and oxygen atoms in total. The van der Waals surface area contributed by atoms with Crippen molar-refractivity contribution in [3.05, 3.63) is 17.1 Å². The monoisotopic (exact) mass is 211 g/mol. The molecule has 14 heavy (non-hydrogen) atoms. The normalized spacial score (nSPS) is 29.3. The maximum Gasteiger partial charge on any atom is 0.0410 e. The summed E-state index contributed by atoms with van der Waals surface area (Å²) in [5.74, 6) is 0.674. The summed E-state index contributed by atoms with van der Waals surface area (Å²) in [7, 11) is 0. The first-order valence-corrected chi connectivity index (χ1v) is 5.90. The molecule has 0 aromatic carbocycles. The van der Waals surface area contributed by atoms with E-state index < -0.39 is 0 Å². The molecule has 2 heterocycles. The molecule has 0 aliphatic carbocycles. The van der Waals surface area contributed by atoms with Gasteiger partial charge in [0.1, 0.15) is 0 Å². The number of nitrogens with zero attached hydrogens (tertiary/aromatic N) is 2. The highest BCUT2D eigenvalue weighted by molar-refractivity contribution is 7.05. The van der Waals surface area contributed by atoms with E-state index in [4.69, 9.17) is 5.73 Å². The van der Waals surface area contributed by atoms with Crippen molar-refractivity contribution in [2.75, 3.05) is 13.1 Å². The number of hydrogen-bond donors (Lipinski definition) is 1. The molecule has 1 fully saturated rings. The van der Waals surface area contributed by atoms with E-state index in [9.17, 15) is 0 Å². The van der Waals surface area contributed by atoms with Gasteiger partial charge in [0.2, 0.25) is 0 Å². The fourth-order valence-corrected chi connectivity index (χ4v) is 2.48. The number of likely N-dealkylation sites (tertiary alicyclic amines) is 1. The fraction of sp³-hybridized carbons (Fsp3) is 0.700. The molecule has 2 rings (SSSR count). The molecule has 1 aromatic heterocycles. The van der Waals surface area contributed by atoms with Gasteiger partial charge in [0.15, 0.2) is 0 Å². The topological polar surface area (TPSA) is 42.2 Å². The molecule has 2 atom stereocenters. The van der Waals surface area contributed by atoms with Crippen LogP contribution in [0.3, 0.4) is 0 Å². The van der Waals surface area contributed by atoms with Crippen molar-refractivity contribution < 1.29 is 0 Å². The standard InChI is InChI=1S/C10H17N3S/c1-8-3-5-13(7-10(8)11)6-9-2-4-12-14-9/h2,4,8,10H,3,5-7,11H2,1H3. The molecular formula is C10H17N3S. The van der Waals surface area contributed by atoms with Crippen LogP contribution in [0.2, 0.25) is 0 Å². The van der Waals surface area contributed by atoms with E-state index in [1.807, 2.05) is 6.20 Å². The minimum absolute atomic E-state index is 0.344. The summed E-state index contributed by atoms with van der Waals surface area (Å²) in [5.41, 5.74) is 6.04. The second-order valence-electron chi connectivity index (χ2n) is 4.14. The Kier molecular flexibility index (Phi) is 3.15. The first-order chi connectivity index (χ1) is 6.75. The molecular weight excluding hydrogens is 194 g/mol. The predicted molar refractivity (Wildman–Crippen MR) is 59.1 cm³/mol. The molecule has 4 heteroatoms. The van der Waals surface area contributed by atoms with Crippen LogP contribution in [0, 0.1) is 5.92 Å². The SMILES string of the molecule is CC1CCN(Cc2ccns2)CC1N. The van der Waals surface area contributed by atoms with E-state index in [1.165, 1.54) is 17.8 Å². The molecule has 2 N–H and O–H groups in total. The van der Waals surface area contributed by atoms with Crippen molar-refractivity contribution >= 4 is 11.5 Å². The van der Waals surface area contributed by atoms with Crippen LogP contribution in [-0.2, 0) is 6.54 Å². The van der Waals surface area contributed by atoms with Gasteiger partial charge in [0.25, 0.3) is 0 Å². The van der Waals surface area contributed by atoms with Gasteiger partial charge in [-0.3, -0.25) is 4.90 Å². The van der Waals surface area contributed by atoms with Gasteiger partial charge in [-0.15, -0.1) is 0 Å². The molecule has 0 spiro atoms. The summed E-state index contributed by atoms with van der Waals surface area (Å²) in [4.78, 5) is 3.77. The molecule has 0 bridgehead atoms. The van der Waals surface area contributed by atoms with Gasteiger partial charge in [0.05, 0.1) is 0 Å². The highest BCUT2D eigenvalue weighted by Gasteiger charge is 2.22. The molecule has 78 valence electrons. The molecule has 1 aromatic rings. The second-order valence-corrected chi connectivity index (χ2v) is 5.06. The Bertz CT molecular complexity index is 273. The van der Waals surface area contributed by atoms with Crippen molar-refractivity contribution in [3.63, 3.8) is 0 Å². The van der Waals surface area contributed by atoms with E-state index in [-0.39, 0.29) is 0 Å². The molecule has 0 radical (unpaired) electrons. The Morgan fingerprint density at radius 2 is 2.57 bits per heavy atom. The highest BCUT2D eigenvalue weighted by atomic mass is 32.1. The van der Waals surface area contributed by atoms with Crippen molar-refractivity contribution in [3.8, 4) is 0 Å². The predicted octanol–water partition coefficient (Wildman–Crippen LogP) is 1.31. The minimum atomic E-state index is 0.344. The first kappa shape index (κ1) is 10.1. The van der Waals surface area contributed by atoms with E-state index >= 15 is 0 Å². The quantitative estimate of drug-likeness (QED) is 0.802. The lowest BCUT2D eigenvalue weighted by Gasteiger charge is -2.34. The van der Waals surface area contributed by atoms with Crippen LogP contribution in [-0.4, -0.2) is 28.4 Å². The molecule has 0 saturated carbocycles. The smallest absolute Gasteiger partial charge is 0.0410 e. The fourth-order valence-electron chi connectivity index (χ4n) is 1.86. The molecule has 1 aliphatic heterocycles. The van der Waals surface area contributed by atoms with Crippen LogP contribution in [0.15, 0.2) is 12.3 Å². The van der Waals surface area contributed by atoms with Gasteiger partial charge < -0.3 is 5.73 Å². The third-order valence-electron chi connectivity index (χ3n) is 2.97. The average molecular weight is 211 g/mol. The zero-order chi connectivity index (χ0) is 9.97. The Morgan fingerprint density at radius 3 is 3.21 bits per heavy atom. The van der Waals surface area contributed by atoms with Crippen LogP contribution in [0.1, 0.15) is 18.2 Å². The maximum atomic E-state index is 6.04. The summed E-state index contributed by atoms with van der Waals surface area (Å²) < 4.78 is 4.11. The number of aromatic nitrogens is 1. The third kappa shape index (κ3) is 2.32. The van der Waals surface area contributed by atoms with E-state index in [1.54, 1.807) is 11.5 Å². The van der Waals surface area contributed by atoms with Crippen molar-refractivity contribution in [2.24, 2.45) is 11.7 Å². The van der Waals surface area contributed by atoms with Gasteiger partial charge in [-0.25, -0.2) is 4.37 Å². The van der Waals surface area contributed by atoms with Crippen LogP contribution in [0.25, 0.3) is 0 Å². The lowest BCUT2D eigenvalue weighted by atomic mass is 9.94. The van der Waals surface area contributed by atoms with Crippen molar-refractivity contribution in [1.29, 1.82) is 0 Å². The molecule has 1 saturated heterocycles. The average Bonchev–Trinajstić information content (AvgIpc) is 2.64. The summed E-state index contributed by atoms with van der Waals surface area (Å²) in [5, 5.41) is 0. The van der Waals surface area contributed by atoms with Gasteiger partial charge >= 0.3 is 0 Å². The molecule has 1 aliphatic rings. The van der Waals surface area contributed by atoms with Gasteiger partial charge in [0, 0.05) is 30.2 Å². The third-order valence-corrected chi connectivity index (χ3v) is 3.70. The minimum Gasteiger partial charge on any atom is -0.326 e. The Balaban J connectivity index is 1.88. The van der Waals surface area contributed by atoms with E-state index in [0.717, 1.165) is 13.1 Å². The largest absolute Gasteiger partial charge is 0.326 e. The van der Waals surface area contributed by atoms with Crippen LogP contribution < -0.4 is 5.73 Å². The van der Waals surface area contributed by atoms with Gasteiger partial charge in [-0.2, -0.15) is 0 Å². The summed E-state index contributed by atoms with van der Waals surface area (Å²) >= 11 is 1.59. The number of nitrogens with two attached hydrogens (primary N) is 1. The van der Waals surface area contributed by atoms with Gasteiger partial charge in [-0.05, 0) is 36.5 Å². The first-order valence-electron chi connectivity index (χ1n) is 5.13. The van der Waals surface area contributed by atoms with Crippen molar-refractivity contribution in [1.82, 2.24) is 9.27 Å². The van der Waals surface area contributed by atoms with Crippen LogP contribution in [0.5, 0.6) is 0 Å². The highest BCUT2D eigenvalue weighted by Crippen LogP contribution is 2.18. The Labute approximate surface area is 89.1 Å². The lowest BCUT2D eigenvalue weighted by molar-refractivity contribution is 0.163. The van der Waals surface area contributed by atoms with Gasteiger partial charge in [-0.1, -0.05) is 6.92 Å². The second kappa shape index (κ2) is 4.38. The Hall–Kier alpha value is -0.450.